The van der Waals surface area contributed by atoms with E-state index in [1.807, 2.05) is 0 Å². The largest absolute Gasteiger partial charge is 0.389 e. The van der Waals surface area contributed by atoms with E-state index in [4.69, 9.17) is 0 Å². The summed E-state index contributed by atoms with van der Waals surface area (Å²) in [5.41, 5.74) is 1.02. The second kappa shape index (κ2) is 6.08. The molecule has 0 amide bonds. The smallest absolute Gasteiger partial charge is 0.170 e. The molecule has 1 unspecified atom stereocenters. The lowest BCUT2D eigenvalue weighted by atomic mass is 9.97. The van der Waals surface area contributed by atoms with Crippen molar-refractivity contribution >= 4 is 27.5 Å². The third-order valence-electron chi connectivity index (χ3n) is 2.89. The lowest BCUT2D eigenvalue weighted by Gasteiger charge is -2.09. The molecule has 0 aromatic heterocycles. The highest BCUT2D eigenvalue weighted by atomic mass is 79.9. The Hall–Kier alpha value is -1.52. The van der Waals surface area contributed by atoms with Crippen LogP contribution in [0, 0.1) is 0 Å². The van der Waals surface area contributed by atoms with Crippen LogP contribution >= 0.6 is 15.9 Å². The molecule has 1 aliphatic rings. The van der Waals surface area contributed by atoms with E-state index in [1.54, 1.807) is 42.5 Å². The molecule has 0 bridgehead atoms. The molecule has 1 aliphatic carbocycles. The first kappa shape index (κ1) is 13.9. The van der Waals surface area contributed by atoms with Gasteiger partial charge in [0.1, 0.15) is 0 Å². The minimum absolute atomic E-state index is 0.145. The lowest BCUT2D eigenvalue weighted by molar-refractivity contribution is -0.114. The fraction of sp³-hybridized carbons (Fsp3) is 0.200. The Balaban J connectivity index is 2.01. The first-order chi connectivity index (χ1) is 9.06. The number of Topliss-reactive ketones (excluding diaryl/α,β-unsaturated/α-hetero) is 2. The molecule has 0 saturated heterocycles. The zero-order valence-electron chi connectivity index (χ0n) is 10.2. The van der Waals surface area contributed by atoms with E-state index in [9.17, 15) is 14.7 Å². The van der Waals surface area contributed by atoms with E-state index in [0.29, 0.717) is 17.6 Å². The van der Waals surface area contributed by atoms with Gasteiger partial charge >= 0.3 is 0 Å². The number of aliphatic hydroxyl groups is 1. The molecule has 4 heteroatoms. The minimum atomic E-state index is -0.529. The van der Waals surface area contributed by atoms with Crippen LogP contribution in [0.25, 0.3) is 0 Å². The summed E-state index contributed by atoms with van der Waals surface area (Å²) < 4.78 is 0.891. The molecule has 0 saturated carbocycles. The van der Waals surface area contributed by atoms with Crippen molar-refractivity contribution in [2.24, 2.45) is 0 Å². The second-order valence-electron chi connectivity index (χ2n) is 4.35. The predicted molar refractivity (Wildman–Crippen MR) is 75.9 cm³/mol. The molecule has 0 heterocycles. The van der Waals surface area contributed by atoms with Crippen LogP contribution < -0.4 is 0 Å². The fourth-order valence-corrected chi connectivity index (χ4v) is 2.07. The zero-order chi connectivity index (χ0) is 13.8. The molecule has 0 spiro atoms. The van der Waals surface area contributed by atoms with Gasteiger partial charge in [-0.2, -0.15) is 0 Å². The Morgan fingerprint density at radius 3 is 2.47 bits per heavy atom. The fourth-order valence-electron chi connectivity index (χ4n) is 1.80. The van der Waals surface area contributed by atoms with Crippen molar-refractivity contribution in [2.75, 3.05) is 0 Å². The summed E-state index contributed by atoms with van der Waals surface area (Å²) in [5, 5.41) is 9.28. The quantitative estimate of drug-likeness (QED) is 0.685. The molecule has 98 valence electrons. The molecule has 1 aromatic carbocycles. The zero-order valence-corrected chi connectivity index (χ0v) is 11.8. The van der Waals surface area contributed by atoms with Crippen molar-refractivity contribution < 1.29 is 14.7 Å². The average molecular weight is 321 g/mol. The summed E-state index contributed by atoms with van der Waals surface area (Å²) in [5.74, 6) is -0.408. The van der Waals surface area contributed by atoms with Gasteiger partial charge in [0, 0.05) is 15.6 Å². The summed E-state index contributed by atoms with van der Waals surface area (Å²) in [7, 11) is 0. The van der Waals surface area contributed by atoms with Crippen molar-refractivity contribution in [3.63, 3.8) is 0 Å². The van der Waals surface area contributed by atoms with Gasteiger partial charge in [-0.15, -0.1) is 0 Å². The number of hydrogen-bond acceptors (Lipinski definition) is 3. The van der Waals surface area contributed by atoms with E-state index in [-0.39, 0.29) is 18.0 Å². The first-order valence-corrected chi connectivity index (χ1v) is 6.74. The van der Waals surface area contributed by atoms with Gasteiger partial charge < -0.3 is 5.11 Å². The molecule has 2 rings (SSSR count). The Bertz CT molecular complexity index is 555. The number of carbonyl (C=O) groups is 2. The number of rotatable bonds is 4. The monoisotopic (exact) mass is 320 g/mol. The van der Waals surface area contributed by atoms with Crippen LogP contribution in [-0.4, -0.2) is 22.8 Å². The molecule has 1 N–H and O–H groups in total. The molecule has 0 aliphatic heterocycles. The molecular formula is C15H13BrO3. The summed E-state index contributed by atoms with van der Waals surface area (Å²) in [6, 6.07) is 6.92. The number of hydrogen-bond donors (Lipinski definition) is 1. The second-order valence-corrected chi connectivity index (χ2v) is 5.27. The highest BCUT2D eigenvalue weighted by molar-refractivity contribution is 9.10. The van der Waals surface area contributed by atoms with Gasteiger partial charge in [0.2, 0.25) is 0 Å². The maximum atomic E-state index is 11.9. The third kappa shape index (κ3) is 3.72. The van der Waals surface area contributed by atoms with Crippen molar-refractivity contribution in [2.45, 2.75) is 18.9 Å². The maximum absolute atomic E-state index is 11.9. The normalized spacial score (nSPS) is 18.0. The van der Waals surface area contributed by atoms with Crippen molar-refractivity contribution in [1.29, 1.82) is 0 Å². The molecule has 19 heavy (non-hydrogen) atoms. The van der Waals surface area contributed by atoms with Crippen LogP contribution in [0.4, 0.5) is 0 Å². The molecule has 0 radical (unpaired) electrons. The predicted octanol–water partition coefficient (Wildman–Crippen LogP) is 2.84. The van der Waals surface area contributed by atoms with E-state index in [0.717, 1.165) is 4.47 Å². The van der Waals surface area contributed by atoms with Gasteiger partial charge in [-0.25, -0.2) is 0 Å². The van der Waals surface area contributed by atoms with E-state index in [2.05, 4.69) is 15.9 Å². The van der Waals surface area contributed by atoms with E-state index < -0.39 is 6.10 Å². The Kier molecular flexibility index (Phi) is 4.45. The summed E-state index contributed by atoms with van der Waals surface area (Å²) in [6.45, 7) is 0. The maximum Gasteiger partial charge on any atom is 0.170 e. The molecule has 1 aromatic rings. The number of benzene rings is 1. The molecule has 1 atom stereocenters. The van der Waals surface area contributed by atoms with Crippen molar-refractivity contribution in [3.05, 3.63) is 58.1 Å². The van der Waals surface area contributed by atoms with Crippen LogP contribution in [0.2, 0.25) is 0 Å². The lowest BCUT2D eigenvalue weighted by Crippen LogP contribution is -2.13. The Labute approximate surface area is 119 Å². The van der Waals surface area contributed by atoms with Gasteiger partial charge in [0.05, 0.1) is 12.5 Å². The van der Waals surface area contributed by atoms with Crippen LogP contribution in [0.5, 0.6) is 0 Å². The summed E-state index contributed by atoms with van der Waals surface area (Å²) in [6.07, 6.45) is 4.56. The van der Waals surface area contributed by atoms with Crippen molar-refractivity contribution in [3.8, 4) is 0 Å². The average Bonchev–Trinajstić information content (AvgIpc) is 2.40. The van der Waals surface area contributed by atoms with Crippen LogP contribution in [0.1, 0.15) is 23.2 Å². The number of aliphatic hydroxyl groups excluding tert-OH is 1. The number of carbonyl (C=O) groups excluding carboxylic acids is 2. The summed E-state index contributed by atoms with van der Waals surface area (Å²) in [4.78, 5) is 23.9. The van der Waals surface area contributed by atoms with E-state index in [1.165, 1.54) is 0 Å². The van der Waals surface area contributed by atoms with Crippen LogP contribution in [0.3, 0.4) is 0 Å². The minimum Gasteiger partial charge on any atom is -0.389 e. The summed E-state index contributed by atoms with van der Waals surface area (Å²) >= 11 is 3.29. The SMILES string of the molecule is O=C(CC(=O)c1ccc(Br)cc1)C1=CCC(O)C=C1. The van der Waals surface area contributed by atoms with Gasteiger partial charge in [-0.1, -0.05) is 46.3 Å². The van der Waals surface area contributed by atoms with Crippen LogP contribution in [0.15, 0.2) is 52.5 Å². The first-order valence-electron chi connectivity index (χ1n) is 5.94. The molecule has 3 nitrogen and oxygen atoms in total. The van der Waals surface area contributed by atoms with Crippen LogP contribution in [-0.2, 0) is 4.79 Å². The van der Waals surface area contributed by atoms with Gasteiger partial charge in [-0.3, -0.25) is 9.59 Å². The Morgan fingerprint density at radius 1 is 1.21 bits per heavy atom. The van der Waals surface area contributed by atoms with Gasteiger partial charge in [-0.05, 0) is 18.6 Å². The molecule has 0 fully saturated rings. The standard InChI is InChI=1S/C15H13BrO3/c16-12-5-1-10(2-6-12)14(18)9-15(19)11-3-7-13(17)8-4-11/h1-7,13,17H,8-9H2. The highest BCUT2D eigenvalue weighted by Crippen LogP contribution is 2.16. The number of halogens is 1. The number of ketones is 2. The third-order valence-corrected chi connectivity index (χ3v) is 3.42. The Morgan fingerprint density at radius 2 is 1.89 bits per heavy atom. The highest BCUT2D eigenvalue weighted by Gasteiger charge is 2.16. The van der Waals surface area contributed by atoms with Gasteiger partial charge in [0.25, 0.3) is 0 Å². The molecular weight excluding hydrogens is 308 g/mol. The number of allylic oxidation sites excluding steroid dienone is 2. The topological polar surface area (TPSA) is 54.4 Å². The van der Waals surface area contributed by atoms with Crippen molar-refractivity contribution in [1.82, 2.24) is 0 Å². The van der Waals surface area contributed by atoms with E-state index >= 15 is 0 Å². The van der Waals surface area contributed by atoms with Gasteiger partial charge in [0.15, 0.2) is 11.6 Å².